The molecular weight excluding hydrogens is 584 g/mol. The zero-order valence-corrected chi connectivity index (χ0v) is 29.5. The van der Waals surface area contributed by atoms with E-state index < -0.39 is 0 Å². The largest absolute Gasteiger partial charge is 0.462 e. The van der Waals surface area contributed by atoms with Crippen LogP contribution >= 0.6 is 0 Å². The van der Waals surface area contributed by atoms with Crippen LogP contribution in [-0.4, -0.2) is 48.3 Å². The molecule has 4 rings (SSSR count). The van der Waals surface area contributed by atoms with Crippen LogP contribution in [-0.2, 0) is 38.1 Å². The third-order valence-corrected chi connectivity index (χ3v) is 12.2. The van der Waals surface area contributed by atoms with Crippen LogP contribution in [0.15, 0.2) is 0 Å². The van der Waals surface area contributed by atoms with Crippen molar-refractivity contribution in [3.63, 3.8) is 0 Å². The fourth-order valence-corrected chi connectivity index (χ4v) is 9.92. The normalized spacial score (nSPS) is 36.2. The van der Waals surface area contributed by atoms with E-state index in [2.05, 4.69) is 27.7 Å². The highest BCUT2D eigenvalue weighted by Crippen LogP contribution is 2.54. The highest BCUT2D eigenvalue weighted by atomic mass is 16.6. The van der Waals surface area contributed by atoms with Gasteiger partial charge in [-0.25, -0.2) is 0 Å². The highest BCUT2D eigenvalue weighted by molar-refractivity contribution is 5.70. The summed E-state index contributed by atoms with van der Waals surface area (Å²) < 4.78 is 23.8. The maximum atomic E-state index is 12.8. The number of unbranched alkanes of at least 4 members (excludes halogenated alkanes) is 5. The lowest BCUT2D eigenvalue weighted by Gasteiger charge is -2.25. The fraction of sp³-hybridized carbons (Fsp3) is 0.895. The lowest BCUT2D eigenvalue weighted by atomic mass is 9.92. The average molecular weight is 647 g/mol. The molecule has 4 saturated carbocycles. The topological polar surface area (TPSA) is 105 Å². The zero-order valence-electron chi connectivity index (χ0n) is 29.5. The highest BCUT2D eigenvalue weighted by Gasteiger charge is 2.56. The van der Waals surface area contributed by atoms with Gasteiger partial charge in [0.1, 0.15) is 24.4 Å². The van der Waals surface area contributed by atoms with Gasteiger partial charge in [-0.1, -0.05) is 53.4 Å². The summed E-state index contributed by atoms with van der Waals surface area (Å²) >= 11 is 0. The van der Waals surface area contributed by atoms with Gasteiger partial charge in [-0.05, 0) is 87.9 Å². The maximum Gasteiger partial charge on any atom is 0.306 e. The van der Waals surface area contributed by atoms with Gasteiger partial charge >= 0.3 is 23.9 Å². The minimum Gasteiger partial charge on any atom is -0.462 e. The SMILES string of the molecule is CCC1CC2C(CC(CC)[C@@H]2OC(C)=O)[C@@H]1OC(=O)CCCCCCCCC(=O)O[C@H]1C(CC)CC2C1CC(CC)[C@H]2OC(C)=O. The van der Waals surface area contributed by atoms with Gasteiger partial charge in [0.15, 0.2) is 0 Å². The van der Waals surface area contributed by atoms with Gasteiger partial charge in [0.25, 0.3) is 0 Å². The molecule has 4 aliphatic rings. The Bertz CT molecular complexity index is 946. The number of carbonyl (C=O) groups excluding carboxylic acids is 4. The van der Waals surface area contributed by atoms with Crippen molar-refractivity contribution in [1.29, 1.82) is 0 Å². The lowest BCUT2D eigenvalue weighted by molar-refractivity contribution is -0.155. The Labute approximate surface area is 277 Å². The summed E-state index contributed by atoms with van der Waals surface area (Å²) in [6, 6.07) is 0. The smallest absolute Gasteiger partial charge is 0.306 e. The molecule has 262 valence electrons. The van der Waals surface area contributed by atoms with E-state index in [9.17, 15) is 19.2 Å². The minimum atomic E-state index is -0.212. The van der Waals surface area contributed by atoms with Crippen LogP contribution < -0.4 is 0 Å². The number of carbonyl (C=O) groups is 4. The van der Waals surface area contributed by atoms with Crippen molar-refractivity contribution in [2.75, 3.05) is 0 Å². The first kappa shape index (κ1) is 36.7. The van der Waals surface area contributed by atoms with E-state index >= 15 is 0 Å². The number of hydrogen-bond donors (Lipinski definition) is 0. The molecule has 0 aromatic heterocycles. The van der Waals surface area contributed by atoms with Gasteiger partial charge in [0.05, 0.1) is 0 Å². The Morgan fingerprint density at radius 1 is 0.435 bits per heavy atom. The molecule has 0 amide bonds. The predicted molar refractivity (Wildman–Crippen MR) is 175 cm³/mol. The van der Waals surface area contributed by atoms with Crippen molar-refractivity contribution < 1.29 is 38.1 Å². The van der Waals surface area contributed by atoms with Gasteiger partial charge in [-0.3, -0.25) is 19.2 Å². The molecule has 8 nitrogen and oxygen atoms in total. The predicted octanol–water partition coefficient (Wildman–Crippen LogP) is 7.98. The van der Waals surface area contributed by atoms with Crippen molar-refractivity contribution in [3.05, 3.63) is 0 Å². The summed E-state index contributed by atoms with van der Waals surface area (Å²) in [7, 11) is 0. The van der Waals surface area contributed by atoms with Crippen LogP contribution in [0, 0.1) is 47.3 Å². The second kappa shape index (κ2) is 17.3. The molecule has 0 N–H and O–H groups in total. The summed E-state index contributed by atoms with van der Waals surface area (Å²) in [5.74, 6) is 1.96. The third-order valence-electron chi connectivity index (χ3n) is 12.2. The van der Waals surface area contributed by atoms with Crippen LogP contribution in [0.2, 0.25) is 0 Å². The average Bonchev–Trinajstić information content (AvgIpc) is 3.73. The molecular formula is C38H62O8. The quantitative estimate of drug-likeness (QED) is 0.0890. The zero-order chi connectivity index (χ0) is 33.4. The van der Waals surface area contributed by atoms with Gasteiger partial charge in [0, 0.05) is 50.4 Å². The monoisotopic (exact) mass is 646 g/mol. The molecule has 0 aliphatic heterocycles. The van der Waals surface area contributed by atoms with Gasteiger partial charge in [-0.2, -0.15) is 0 Å². The summed E-state index contributed by atoms with van der Waals surface area (Å²) in [5, 5.41) is 0. The van der Waals surface area contributed by atoms with Crippen molar-refractivity contribution >= 4 is 23.9 Å². The van der Waals surface area contributed by atoms with Crippen molar-refractivity contribution in [1.82, 2.24) is 0 Å². The Kier molecular flexibility index (Phi) is 13.8. The van der Waals surface area contributed by atoms with Crippen molar-refractivity contribution in [3.8, 4) is 0 Å². The van der Waals surface area contributed by atoms with E-state index in [0.717, 1.165) is 89.9 Å². The minimum absolute atomic E-state index is 0.0437. The maximum absolute atomic E-state index is 12.8. The van der Waals surface area contributed by atoms with Crippen LogP contribution in [0.3, 0.4) is 0 Å². The van der Waals surface area contributed by atoms with Crippen LogP contribution in [0.25, 0.3) is 0 Å². The van der Waals surface area contributed by atoms with Crippen molar-refractivity contribution in [2.45, 2.75) is 169 Å². The van der Waals surface area contributed by atoms with Gasteiger partial charge < -0.3 is 18.9 Å². The second-order valence-electron chi connectivity index (χ2n) is 14.9. The first-order chi connectivity index (χ1) is 22.1. The number of rotatable bonds is 17. The van der Waals surface area contributed by atoms with Crippen LogP contribution in [0.1, 0.15) is 144 Å². The van der Waals surface area contributed by atoms with Crippen LogP contribution in [0.4, 0.5) is 0 Å². The first-order valence-corrected chi connectivity index (χ1v) is 18.8. The standard InChI is InChI=1S/C38H62O8/c1-7-25-19-31-29(35(25)43-23(5)39)21-27(9-3)37(31)45-33(41)17-15-13-11-12-14-16-18-34(42)46-38-28(10-4)22-30-32(38)20-26(8-2)36(30)44-24(6)40/h25-32,35-38H,7-22H2,1-6H3/t25?,26?,27?,28?,29?,30?,31?,32?,35-,36+,37+,38-. The van der Waals surface area contributed by atoms with E-state index in [1.165, 1.54) is 13.8 Å². The molecule has 0 saturated heterocycles. The molecule has 0 bridgehead atoms. The van der Waals surface area contributed by atoms with Gasteiger partial charge in [0.2, 0.25) is 0 Å². The second-order valence-corrected chi connectivity index (χ2v) is 14.9. The summed E-state index contributed by atoms with van der Waals surface area (Å²) in [4.78, 5) is 49.2. The molecule has 0 heterocycles. The van der Waals surface area contributed by atoms with E-state index in [1.54, 1.807) is 0 Å². The van der Waals surface area contributed by atoms with Crippen LogP contribution in [0.5, 0.6) is 0 Å². The number of ether oxygens (including phenoxy) is 4. The molecule has 0 radical (unpaired) electrons. The molecule has 46 heavy (non-hydrogen) atoms. The number of hydrogen-bond acceptors (Lipinski definition) is 8. The van der Waals surface area contributed by atoms with E-state index in [0.29, 0.717) is 60.2 Å². The summed E-state index contributed by atoms with van der Waals surface area (Å²) in [6.07, 6.45) is 14.1. The molecule has 0 aromatic rings. The van der Waals surface area contributed by atoms with E-state index in [1.807, 2.05) is 0 Å². The Balaban J connectivity index is 1.10. The Morgan fingerprint density at radius 3 is 0.957 bits per heavy atom. The molecule has 0 spiro atoms. The molecule has 4 fully saturated rings. The molecule has 12 atom stereocenters. The number of esters is 4. The molecule has 4 aliphatic carbocycles. The Hall–Kier alpha value is -2.12. The molecule has 8 unspecified atom stereocenters. The molecule has 8 heteroatoms. The van der Waals surface area contributed by atoms with E-state index in [4.69, 9.17) is 18.9 Å². The van der Waals surface area contributed by atoms with E-state index in [-0.39, 0.29) is 48.3 Å². The number of fused-ring (bicyclic) bond motifs is 2. The lowest BCUT2D eigenvalue weighted by Crippen LogP contribution is -2.28. The summed E-state index contributed by atoms with van der Waals surface area (Å²) in [5.41, 5.74) is 0. The summed E-state index contributed by atoms with van der Waals surface area (Å²) in [6.45, 7) is 11.6. The first-order valence-electron chi connectivity index (χ1n) is 18.8. The van der Waals surface area contributed by atoms with Crippen molar-refractivity contribution in [2.24, 2.45) is 47.3 Å². The Morgan fingerprint density at radius 2 is 0.696 bits per heavy atom. The molecule has 0 aromatic carbocycles. The fourth-order valence-electron chi connectivity index (χ4n) is 9.92. The third kappa shape index (κ3) is 8.86. The van der Waals surface area contributed by atoms with Gasteiger partial charge in [-0.15, -0.1) is 0 Å².